The maximum atomic E-state index is 11.3. The number of anilines is 2. The van der Waals surface area contributed by atoms with Crippen LogP contribution in [0.15, 0.2) is 36.9 Å². The fourth-order valence-corrected chi connectivity index (χ4v) is 1.83. The number of aryl methyl sites for hydroxylation is 1. The normalized spacial score (nSPS) is 10.3. The van der Waals surface area contributed by atoms with Crippen LogP contribution in [0.4, 0.5) is 11.4 Å². The standard InChI is InChI=1S/C13H17N5O/c14-10-2-3-11(13(15)19)12(8-10)17-4-1-6-18-7-5-16-9-18/h2-3,5,7-9,17H,1,4,6,14H2,(H2,15,19). The number of nitrogens with one attached hydrogen (secondary N) is 1. The van der Waals surface area contributed by atoms with Crippen LogP contribution in [0, 0.1) is 0 Å². The molecule has 1 amide bonds. The van der Waals surface area contributed by atoms with Gasteiger partial charge in [0, 0.05) is 36.9 Å². The first-order chi connectivity index (χ1) is 9.16. The van der Waals surface area contributed by atoms with Crippen LogP contribution < -0.4 is 16.8 Å². The molecule has 6 nitrogen and oxygen atoms in total. The second kappa shape index (κ2) is 5.90. The molecule has 19 heavy (non-hydrogen) atoms. The predicted molar refractivity (Wildman–Crippen MR) is 74.7 cm³/mol. The Kier molecular flexibility index (Phi) is 4.02. The van der Waals surface area contributed by atoms with Crippen LogP contribution in [-0.4, -0.2) is 22.0 Å². The van der Waals surface area contributed by atoms with E-state index in [0.29, 0.717) is 16.9 Å². The maximum Gasteiger partial charge on any atom is 0.250 e. The van der Waals surface area contributed by atoms with Crippen LogP contribution in [0.3, 0.4) is 0 Å². The summed E-state index contributed by atoms with van der Waals surface area (Å²) in [4.78, 5) is 15.3. The highest BCUT2D eigenvalue weighted by atomic mass is 16.1. The number of amides is 1. The third kappa shape index (κ3) is 3.48. The van der Waals surface area contributed by atoms with Crippen LogP contribution in [0.5, 0.6) is 0 Å². The van der Waals surface area contributed by atoms with Crippen LogP contribution in [0.1, 0.15) is 16.8 Å². The van der Waals surface area contributed by atoms with Crippen molar-refractivity contribution in [1.82, 2.24) is 9.55 Å². The van der Waals surface area contributed by atoms with Gasteiger partial charge in [-0.25, -0.2) is 4.98 Å². The second-order valence-electron chi connectivity index (χ2n) is 4.25. The van der Waals surface area contributed by atoms with Crippen molar-refractivity contribution in [3.8, 4) is 0 Å². The topological polar surface area (TPSA) is 99.0 Å². The van der Waals surface area contributed by atoms with E-state index in [1.54, 1.807) is 30.7 Å². The Balaban J connectivity index is 1.91. The monoisotopic (exact) mass is 259 g/mol. The molecule has 0 aliphatic rings. The zero-order valence-corrected chi connectivity index (χ0v) is 10.5. The van der Waals surface area contributed by atoms with Gasteiger partial charge in [0.1, 0.15) is 0 Å². The van der Waals surface area contributed by atoms with Gasteiger partial charge < -0.3 is 21.4 Å². The molecule has 0 atom stereocenters. The molecule has 0 aliphatic heterocycles. The highest BCUT2D eigenvalue weighted by Crippen LogP contribution is 2.18. The van der Waals surface area contributed by atoms with E-state index in [4.69, 9.17) is 11.5 Å². The number of nitrogens with two attached hydrogens (primary N) is 2. The summed E-state index contributed by atoms with van der Waals surface area (Å²) < 4.78 is 2.00. The Morgan fingerprint density at radius 1 is 1.42 bits per heavy atom. The van der Waals surface area contributed by atoms with Gasteiger partial charge in [-0.05, 0) is 24.6 Å². The van der Waals surface area contributed by atoms with Crippen LogP contribution in [0.2, 0.25) is 0 Å². The Bertz CT molecular complexity index is 550. The number of nitrogen functional groups attached to an aromatic ring is 1. The van der Waals surface area contributed by atoms with Gasteiger partial charge in [-0.2, -0.15) is 0 Å². The average molecular weight is 259 g/mol. The number of carbonyl (C=O) groups is 1. The summed E-state index contributed by atoms with van der Waals surface area (Å²) in [7, 11) is 0. The maximum absolute atomic E-state index is 11.3. The smallest absolute Gasteiger partial charge is 0.250 e. The highest BCUT2D eigenvalue weighted by molar-refractivity contribution is 5.99. The Hall–Kier alpha value is -2.50. The summed E-state index contributed by atoms with van der Waals surface area (Å²) in [6.45, 7) is 1.59. The van der Waals surface area contributed by atoms with Gasteiger partial charge in [0.15, 0.2) is 0 Å². The summed E-state index contributed by atoms with van der Waals surface area (Å²) in [6.07, 6.45) is 6.34. The van der Waals surface area contributed by atoms with Crippen LogP contribution >= 0.6 is 0 Å². The number of hydrogen-bond acceptors (Lipinski definition) is 4. The van der Waals surface area contributed by atoms with E-state index >= 15 is 0 Å². The van der Waals surface area contributed by atoms with E-state index in [-0.39, 0.29) is 0 Å². The molecule has 5 N–H and O–H groups in total. The molecule has 0 bridgehead atoms. The molecular weight excluding hydrogens is 242 g/mol. The molecular formula is C13H17N5O. The van der Waals surface area contributed by atoms with E-state index in [1.165, 1.54) is 0 Å². The fourth-order valence-electron chi connectivity index (χ4n) is 1.83. The molecule has 100 valence electrons. The molecule has 0 aliphatic carbocycles. The molecule has 0 saturated carbocycles. The third-order valence-corrected chi connectivity index (χ3v) is 2.78. The third-order valence-electron chi connectivity index (χ3n) is 2.78. The lowest BCUT2D eigenvalue weighted by Crippen LogP contribution is -2.15. The first kappa shape index (κ1) is 12.9. The molecule has 1 aromatic carbocycles. The summed E-state index contributed by atoms with van der Waals surface area (Å²) in [6, 6.07) is 5.02. The lowest BCUT2D eigenvalue weighted by molar-refractivity contribution is 0.100. The van der Waals surface area contributed by atoms with Crippen molar-refractivity contribution in [3.63, 3.8) is 0 Å². The van der Waals surface area contributed by atoms with Crippen LogP contribution in [0.25, 0.3) is 0 Å². The zero-order valence-electron chi connectivity index (χ0n) is 10.5. The van der Waals surface area contributed by atoms with Gasteiger partial charge in [0.2, 0.25) is 0 Å². The van der Waals surface area contributed by atoms with Gasteiger partial charge in [-0.1, -0.05) is 0 Å². The number of rotatable bonds is 6. The lowest BCUT2D eigenvalue weighted by Gasteiger charge is -2.11. The van der Waals surface area contributed by atoms with E-state index in [9.17, 15) is 4.79 Å². The Morgan fingerprint density at radius 2 is 2.26 bits per heavy atom. The number of primary amides is 1. The quantitative estimate of drug-likeness (QED) is 0.533. The number of carbonyl (C=O) groups excluding carboxylic acids is 1. The SMILES string of the molecule is NC(=O)c1ccc(N)cc1NCCCn1ccnc1. The van der Waals surface area contributed by atoms with E-state index in [1.807, 2.05) is 10.8 Å². The van der Waals surface area contributed by atoms with Crippen molar-refractivity contribution in [2.24, 2.45) is 5.73 Å². The van der Waals surface area contributed by atoms with Gasteiger partial charge in [0.25, 0.3) is 5.91 Å². The molecule has 0 saturated heterocycles. The summed E-state index contributed by atoms with van der Waals surface area (Å²) in [5, 5.41) is 3.18. The number of nitrogens with zero attached hydrogens (tertiary/aromatic N) is 2. The summed E-state index contributed by atoms with van der Waals surface area (Å²) in [5.74, 6) is -0.461. The molecule has 0 radical (unpaired) electrons. The second-order valence-corrected chi connectivity index (χ2v) is 4.25. The average Bonchev–Trinajstić information content (AvgIpc) is 2.87. The predicted octanol–water partition coefficient (Wildman–Crippen LogP) is 1.07. The van der Waals surface area contributed by atoms with Gasteiger partial charge in [0.05, 0.1) is 11.9 Å². The molecule has 2 aromatic rings. The number of imidazole rings is 1. The van der Waals surface area contributed by atoms with Gasteiger partial charge in [-0.15, -0.1) is 0 Å². The first-order valence-corrected chi connectivity index (χ1v) is 6.06. The number of hydrogen-bond donors (Lipinski definition) is 3. The summed E-state index contributed by atoms with van der Waals surface area (Å²) >= 11 is 0. The minimum absolute atomic E-state index is 0.455. The molecule has 1 aromatic heterocycles. The number of benzene rings is 1. The van der Waals surface area contributed by atoms with E-state index < -0.39 is 5.91 Å². The first-order valence-electron chi connectivity index (χ1n) is 6.06. The van der Waals surface area contributed by atoms with Crippen molar-refractivity contribution in [2.75, 3.05) is 17.6 Å². The van der Waals surface area contributed by atoms with Crippen LogP contribution in [-0.2, 0) is 6.54 Å². The highest BCUT2D eigenvalue weighted by Gasteiger charge is 2.07. The van der Waals surface area contributed by atoms with Crippen molar-refractivity contribution in [1.29, 1.82) is 0 Å². The molecule has 2 rings (SSSR count). The van der Waals surface area contributed by atoms with Crippen molar-refractivity contribution >= 4 is 17.3 Å². The zero-order chi connectivity index (χ0) is 13.7. The van der Waals surface area contributed by atoms with Crippen molar-refractivity contribution in [3.05, 3.63) is 42.5 Å². The molecule has 0 unspecified atom stereocenters. The lowest BCUT2D eigenvalue weighted by atomic mass is 10.1. The molecule has 6 heteroatoms. The molecule has 0 spiro atoms. The molecule has 0 fully saturated rings. The van der Waals surface area contributed by atoms with Gasteiger partial charge in [-0.3, -0.25) is 4.79 Å². The van der Waals surface area contributed by atoms with E-state index in [0.717, 1.165) is 19.5 Å². The minimum Gasteiger partial charge on any atom is -0.399 e. The van der Waals surface area contributed by atoms with Crippen molar-refractivity contribution in [2.45, 2.75) is 13.0 Å². The largest absolute Gasteiger partial charge is 0.399 e. The summed E-state index contributed by atoms with van der Waals surface area (Å²) in [5.41, 5.74) is 12.8. The minimum atomic E-state index is -0.461. The Morgan fingerprint density at radius 3 is 2.95 bits per heavy atom. The van der Waals surface area contributed by atoms with Crippen molar-refractivity contribution < 1.29 is 4.79 Å². The van der Waals surface area contributed by atoms with Gasteiger partial charge >= 0.3 is 0 Å². The van der Waals surface area contributed by atoms with E-state index in [2.05, 4.69) is 10.3 Å². The molecule has 1 heterocycles. The number of aromatic nitrogens is 2. The fraction of sp³-hybridized carbons (Fsp3) is 0.231. The Labute approximate surface area is 111 Å².